The fraction of sp³-hybridized carbons (Fsp3) is 0.833. The maximum Gasteiger partial charge on any atom is 0.306 e. The van der Waals surface area contributed by atoms with Gasteiger partial charge in [0.25, 0.3) is 0 Å². The zero-order chi connectivity index (χ0) is 17.9. The van der Waals surface area contributed by atoms with Crippen LogP contribution in [0, 0.1) is 5.92 Å². The first-order chi connectivity index (χ1) is 10.3. The zero-order valence-electron chi connectivity index (χ0n) is 16.1. The Labute approximate surface area is 142 Å². The van der Waals surface area contributed by atoms with Crippen molar-refractivity contribution in [3.63, 3.8) is 0 Å². The molecule has 0 aliphatic carbocycles. The third kappa shape index (κ3) is 7.19. The molecule has 0 saturated carbocycles. The van der Waals surface area contributed by atoms with E-state index < -0.39 is 13.9 Å². The molecule has 0 bridgehead atoms. The highest BCUT2D eigenvalue weighted by Gasteiger charge is 2.37. The van der Waals surface area contributed by atoms with Crippen LogP contribution in [0.25, 0.3) is 0 Å². The Bertz CT molecular complexity index is 429. The second-order valence-corrected chi connectivity index (χ2v) is 13.7. The second-order valence-electron chi connectivity index (χ2n) is 8.88. The van der Waals surface area contributed by atoms with Crippen molar-refractivity contribution in [2.24, 2.45) is 5.92 Å². The molecule has 0 unspecified atom stereocenters. The molecule has 1 heterocycles. The van der Waals surface area contributed by atoms with Gasteiger partial charge < -0.3 is 13.9 Å². The molecule has 1 aliphatic heterocycles. The van der Waals surface area contributed by atoms with Gasteiger partial charge in [-0.1, -0.05) is 32.9 Å². The lowest BCUT2D eigenvalue weighted by Gasteiger charge is -2.37. The second kappa shape index (κ2) is 7.49. The fourth-order valence-electron chi connectivity index (χ4n) is 1.97. The Hall–Kier alpha value is -0.653. The van der Waals surface area contributed by atoms with Crippen LogP contribution >= 0.6 is 0 Å². The molecule has 1 rings (SSSR count). The van der Waals surface area contributed by atoms with Gasteiger partial charge in [0.05, 0.1) is 25.7 Å². The molecule has 2 atom stereocenters. The molecule has 0 spiro atoms. The molecule has 4 nitrogen and oxygen atoms in total. The van der Waals surface area contributed by atoms with Gasteiger partial charge >= 0.3 is 5.97 Å². The molecular weight excluding hydrogens is 308 g/mol. The number of ether oxygens (including phenoxy) is 2. The van der Waals surface area contributed by atoms with Crippen molar-refractivity contribution in [2.45, 2.75) is 77.8 Å². The summed E-state index contributed by atoms with van der Waals surface area (Å²) in [4.78, 5) is 11.8. The molecule has 134 valence electrons. The molecule has 0 saturated heterocycles. The standard InChI is InChI=1S/C18H34O4Si/c1-17(2,3)22-16(19)11-14-9-10-15(20-12-14)13-21-23(7,8)18(4,5)6/h9-10,14-15H,11-13H2,1-8H3/t14-,15-/m0/s1. The number of rotatable bonds is 5. The van der Waals surface area contributed by atoms with Crippen LogP contribution in [0.3, 0.4) is 0 Å². The third-order valence-corrected chi connectivity index (χ3v) is 8.89. The predicted octanol–water partition coefficient (Wildman–Crippen LogP) is 4.31. The van der Waals surface area contributed by atoms with Gasteiger partial charge in [-0.05, 0) is 38.9 Å². The van der Waals surface area contributed by atoms with Crippen LogP contribution in [0.1, 0.15) is 48.0 Å². The van der Waals surface area contributed by atoms with Gasteiger partial charge in [-0.3, -0.25) is 4.79 Å². The lowest BCUT2D eigenvalue weighted by atomic mass is 10.0. The highest BCUT2D eigenvalue weighted by molar-refractivity contribution is 6.74. The van der Waals surface area contributed by atoms with Crippen molar-refractivity contribution in [3.05, 3.63) is 12.2 Å². The molecule has 23 heavy (non-hydrogen) atoms. The summed E-state index contributed by atoms with van der Waals surface area (Å²) in [7, 11) is -1.75. The number of hydrogen-bond donors (Lipinski definition) is 0. The summed E-state index contributed by atoms with van der Waals surface area (Å²) in [6.07, 6.45) is 4.43. The predicted molar refractivity (Wildman–Crippen MR) is 96.0 cm³/mol. The van der Waals surface area contributed by atoms with E-state index >= 15 is 0 Å². The van der Waals surface area contributed by atoms with Gasteiger partial charge in [-0.25, -0.2) is 0 Å². The summed E-state index contributed by atoms with van der Waals surface area (Å²) < 4.78 is 17.4. The van der Waals surface area contributed by atoms with Gasteiger partial charge in [0.1, 0.15) is 5.60 Å². The van der Waals surface area contributed by atoms with Gasteiger partial charge in [0.2, 0.25) is 0 Å². The first kappa shape index (κ1) is 20.4. The topological polar surface area (TPSA) is 44.8 Å². The van der Waals surface area contributed by atoms with Crippen LogP contribution in [0.15, 0.2) is 12.2 Å². The molecule has 0 aromatic rings. The molecule has 0 amide bonds. The Balaban J connectivity index is 2.43. The van der Waals surface area contributed by atoms with Crippen LogP contribution in [0.2, 0.25) is 18.1 Å². The van der Waals surface area contributed by atoms with E-state index in [2.05, 4.69) is 39.9 Å². The quantitative estimate of drug-likeness (QED) is 0.424. The largest absolute Gasteiger partial charge is 0.460 e. The minimum atomic E-state index is -1.75. The minimum Gasteiger partial charge on any atom is -0.460 e. The maximum absolute atomic E-state index is 11.8. The summed E-state index contributed by atoms with van der Waals surface area (Å²) in [5.74, 6) is -0.0827. The van der Waals surface area contributed by atoms with Crippen LogP contribution in [-0.2, 0) is 18.7 Å². The first-order valence-electron chi connectivity index (χ1n) is 8.46. The summed E-state index contributed by atoms with van der Waals surface area (Å²) in [6.45, 7) is 17.9. The average molecular weight is 343 g/mol. The van der Waals surface area contributed by atoms with Crippen molar-refractivity contribution in [3.8, 4) is 0 Å². The van der Waals surface area contributed by atoms with Crippen LogP contribution < -0.4 is 0 Å². The van der Waals surface area contributed by atoms with Gasteiger partial charge in [0, 0.05) is 5.92 Å². The van der Waals surface area contributed by atoms with Gasteiger partial charge in [-0.2, -0.15) is 0 Å². The third-order valence-electron chi connectivity index (χ3n) is 4.39. The van der Waals surface area contributed by atoms with E-state index in [1.54, 1.807) is 0 Å². The van der Waals surface area contributed by atoms with E-state index in [9.17, 15) is 4.79 Å². The van der Waals surface area contributed by atoms with Crippen molar-refractivity contribution in [2.75, 3.05) is 13.2 Å². The summed E-state index contributed by atoms with van der Waals surface area (Å²) in [5, 5.41) is 0.199. The summed E-state index contributed by atoms with van der Waals surface area (Å²) in [5.41, 5.74) is -0.435. The molecule has 0 radical (unpaired) electrons. The highest BCUT2D eigenvalue weighted by Crippen LogP contribution is 2.36. The Morgan fingerprint density at radius 3 is 2.22 bits per heavy atom. The molecule has 0 aromatic carbocycles. The maximum atomic E-state index is 11.8. The van der Waals surface area contributed by atoms with Crippen molar-refractivity contribution < 1.29 is 18.7 Å². The van der Waals surface area contributed by atoms with Crippen LogP contribution in [-0.4, -0.2) is 39.2 Å². The zero-order valence-corrected chi connectivity index (χ0v) is 17.1. The van der Waals surface area contributed by atoms with E-state index in [-0.39, 0.29) is 23.0 Å². The van der Waals surface area contributed by atoms with E-state index in [0.717, 1.165) is 0 Å². The average Bonchev–Trinajstić information content (AvgIpc) is 2.34. The molecule has 0 fully saturated rings. The smallest absolute Gasteiger partial charge is 0.306 e. The number of carbonyl (C=O) groups is 1. The normalized spacial score (nSPS) is 23.0. The Morgan fingerprint density at radius 1 is 1.17 bits per heavy atom. The van der Waals surface area contributed by atoms with Gasteiger partial charge in [-0.15, -0.1) is 0 Å². The molecule has 0 aromatic heterocycles. The SMILES string of the molecule is CC(C)(C)OC(=O)C[C@@H]1C=C[C@@H](CO[Si](C)(C)C(C)(C)C)OC1. The fourth-order valence-corrected chi connectivity index (χ4v) is 2.99. The van der Waals surface area contributed by atoms with Crippen LogP contribution in [0.5, 0.6) is 0 Å². The summed E-state index contributed by atoms with van der Waals surface area (Å²) in [6, 6.07) is 0. The van der Waals surface area contributed by atoms with Crippen LogP contribution in [0.4, 0.5) is 0 Å². The monoisotopic (exact) mass is 342 g/mol. The van der Waals surface area contributed by atoms with E-state index in [4.69, 9.17) is 13.9 Å². The number of hydrogen-bond acceptors (Lipinski definition) is 4. The lowest BCUT2D eigenvalue weighted by Crippen LogP contribution is -2.43. The summed E-state index contributed by atoms with van der Waals surface area (Å²) >= 11 is 0. The van der Waals surface area contributed by atoms with Crippen molar-refractivity contribution in [1.82, 2.24) is 0 Å². The van der Waals surface area contributed by atoms with E-state index in [1.165, 1.54) is 0 Å². The highest BCUT2D eigenvalue weighted by atomic mass is 28.4. The number of carbonyl (C=O) groups excluding carboxylic acids is 1. The molecule has 0 N–H and O–H groups in total. The minimum absolute atomic E-state index is 0.0148. The number of esters is 1. The van der Waals surface area contributed by atoms with Gasteiger partial charge in [0.15, 0.2) is 8.32 Å². The first-order valence-corrected chi connectivity index (χ1v) is 11.4. The lowest BCUT2D eigenvalue weighted by molar-refractivity contribution is -0.156. The molecule has 5 heteroatoms. The molecule has 1 aliphatic rings. The molecular formula is C18H34O4Si. The van der Waals surface area contributed by atoms with E-state index in [0.29, 0.717) is 19.6 Å². The Morgan fingerprint density at radius 2 is 1.78 bits per heavy atom. The van der Waals surface area contributed by atoms with E-state index in [1.807, 2.05) is 26.8 Å². The Kier molecular flexibility index (Phi) is 6.64. The van der Waals surface area contributed by atoms with Crippen molar-refractivity contribution in [1.29, 1.82) is 0 Å². The van der Waals surface area contributed by atoms with Crippen molar-refractivity contribution >= 4 is 14.3 Å².